The number of halogens is 2. The molecule has 0 radical (unpaired) electrons. The molecule has 4 heteroatoms. The minimum atomic E-state index is -0.840. The molecule has 0 aliphatic rings. The summed E-state index contributed by atoms with van der Waals surface area (Å²) in [6.45, 7) is 1.99. The molecular formula is C17H19F2NO. The van der Waals surface area contributed by atoms with Crippen LogP contribution in [0.2, 0.25) is 0 Å². The van der Waals surface area contributed by atoms with E-state index in [1.54, 1.807) is 13.2 Å². The normalized spacial score (nSPS) is 12.2. The molecule has 2 rings (SSSR count). The van der Waals surface area contributed by atoms with E-state index in [0.29, 0.717) is 12.0 Å². The second-order valence-corrected chi connectivity index (χ2v) is 5.20. The number of nitrogens with two attached hydrogens (primary N) is 1. The van der Waals surface area contributed by atoms with E-state index in [1.165, 1.54) is 6.07 Å². The van der Waals surface area contributed by atoms with Crippen molar-refractivity contribution in [1.82, 2.24) is 0 Å². The van der Waals surface area contributed by atoms with Gasteiger partial charge in [-0.05, 0) is 43.0 Å². The third-order valence-electron chi connectivity index (χ3n) is 3.43. The molecular weight excluding hydrogens is 272 g/mol. The average molecular weight is 291 g/mol. The van der Waals surface area contributed by atoms with Gasteiger partial charge in [-0.25, -0.2) is 8.78 Å². The van der Waals surface area contributed by atoms with E-state index in [0.717, 1.165) is 22.9 Å². The Morgan fingerprint density at radius 2 is 1.81 bits per heavy atom. The van der Waals surface area contributed by atoms with Crippen LogP contribution in [0, 0.1) is 18.6 Å². The molecule has 2 aromatic carbocycles. The number of hydrogen-bond donors (Lipinski definition) is 1. The first-order valence-corrected chi connectivity index (χ1v) is 6.83. The highest BCUT2D eigenvalue weighted by Crippen LogP contribution is 2.22. The molecule has 0 heterocycles. The Bertz CT molecular complexity index is 628. The molecule has 2 nitrogen and oxygen atoms in total. The molecule has 21 heavy (non-hydrogen) atoms. The van der Waals surface area contributed by atoms with Gasteiger partial charge in [-0.3, -0.25) is 0 Å². The van der Waals surface area contributed by atoms with Crippen LogP contribution in [0.15, 0.2) is 36.4 Å². The van der Waals surface area contributed by atoms with Gasteiger partial charge in [-0.2, -0.15) is 0 Å². The van der Waals surface area contributed by atoms with Crippen LogP contribution in [-0.2, 0) is 12.8 Å². The quantitative estimate of drug-likeness (QED) is 0.916. The molecule has 0 amide bonds. The maximum absolute atomic E-state index is 13.7. The standard InChI is InChI=1S/C17H19F2NO/c1-11-6-7-16(21-2)13(8-11)10-14(20)9-12-4-3-5-15(18)17(12)19/h3-8,14H,9-10,20H2,1-2H3. The average Bonchev–Trinajstić information content (AvgIpc) is 2.44. The predicted octanol–water partition coefficient (Wildman–Crippen LogP) is 3.39. The zero-order valence-corrected chi connectivity index (χ0v) is 12.2. The number of rotatable bonds is 5. The number of hydrogen-bond acceptors (Lipinski definition) is 2. The van der Waals surface area contributed by atoms with Gasteiger partial charge >= 0.3 is 0 Å². The molecule has 0 fully saturated rings. The maximum Gasteiger partial charge on any atom is 0.162 e. The molecule has 0 bridgehead atoms. The zero-order chi connectivity index (χ0) is 15.4. The third-order valence-corrected chi connectivity index (χ3v) is 3.43. The summed E-state index contributed by atoms with van der Waals surface area (Å²) in [5, 5.41) is 0. The highest BCUT2D eigenvalue weighted by molar-refractivity contribution is 5.37. The van der Waals surface area contributed by atoms with Gasteiger partial charge in [-0.1, -0.05) is 29.8 Å². The zero-order valence-electron chi connectivity index (χ0n) is 12.2. The number of aryl methyl sites for hydroxylation is 1. The van der Waals surface area contributed by atoms with Gasteiger partial charge in [0.2, 0.25) is 0 Å². The molecule has 0 aliphatic heterocycles. The van der Waals surface area contributed by atoms with Crippen molar-refractivity contribution in [2.75, 3.05) is 7.11 Å². The molecule has 2 N–H and O–H groups in total. The van der Waals surface area contributed by atoms with Gasteiger partial charge in [0.25, 0.3) is 0 Å². The summed E-state index contributed by atoms with van der Waals surface area (Å²) in [5.74, 6) is -0.896. The van der Waals surface area contributed by atoms with Crippen LogP contribution in [-0.4, -0.2) is 13.2 Å². The van der Waals surface area contributed by atoms with Gasteiger partial charge in [0.1, 0.15) is 5.75 Å². The van der Waals surface area contributed by atoms with E-state index in [4.69, 9.17) is 10.5 Å². The van der Waals surface area contributed by atoms with Crippen LogP contribution in [0.1, 0.15) is 16.7 Å². The maximum atomic E-state index is 13.7. The van der Waals surface area contributed by atoms with Crippen LogP contribution < -0.4 is 10.5 Å². The van der Waals surface area contributed by atoms with Crippen molar-refractivity contribution in [3.8, 4) is 5.75 Å². The van der Waals surface area contributed by atoms with Gasteiger partial charge in [0.05, 0.1) is 7.11 Å². The second-order valence-electron chi connectivity index (χ2n) is 5.20. The number of ether oxygens (including phenoxy) is 1. The largest absolute Gasteiger partial charge is 0.496 e. The molecule has 2 aromatic rings. The van der Waals surface area contributed by atoms with Gasteiger partial charge in [-0.15, -0.1) is 0 Å². The van der Waals surface area contributed by atoms with Crippen molar-refractivity contribution in [1.29, 1.82) is 0 Å². The first-order chi connectivity index (χ1) is 10.0. The minimum Gasteiger partial charge on any atom is -0.496 e. The van der Waals surface area contributed by atoms with Gasteiger partial charge in [0.15, 0.2) is 11.6 Å². The third kappa shape index (κ3) is 3.79. The van der Waals surface area contributed by atoms with E-state index >= 15 is 0 Å². The van der Waals surface area contributed by atoms with Crippen LogP contribution in [0.25, 0.3) is 0 Å². The van der Waals surface area contributed by atoms with Crippen LogP contribution in [0.5, 0.6) is 5.75 Å². The van der Waals surface area contributed by atoms with Crippen molar-refractivity contribution in [2.45, 2.75) is 25.8 Å². The Kier molecular flexibility index (Phi) is 4.91. The molecule has 112 valence electrons. The molecule has 1 unspecified atom stereocenters. The van der Waals surface area contributed by atoms with E-state index in [1.807, 2.05) is 25.1 Å². The van der Waals surface area contributed by atoms with E-state index in [2.05, 4.69) is 0 Å². The monoisotopic (exact) mass is 291 g/mol. The summed E-state index contributed by atoms with van der Waals surface area (Å²) in [4.78, 5) is 0. The van der Waals surface area contributed by atoms with Crippen molar-refractivity contribution >= 4 is 0 Å². The fraction of sp³-hybridized carbons (Fsp3) is 0.294. The SMILES string of the molecule is COc1ccc(C)cc1CC(N)Cc1cccc(F)c1F. The minimum absolute atomic E-state index is 0.278. The Hall–Kier alpha value is -1.94. The Balaban J connectivity index is 2.13. The van der Waals surface area contributed by atoms with Gasteiger partial charge < -0.3 is 10.5 Å². The summed E-state index contributed by atoms with van der Waals surface area (Å²) in [6.07, 6.45) is 0.821. The Labute approximate surface area is 123 Å². The summed E-state index contributed by atoms with van der Waals surface area (Å²) >= 11 is 0. The lowest BCUT2D eigenvalue weighted by atomic mass is 9.97. The van der Waals surface area contributed by atoms with Crippen LogP contribution in [0.4, 0.5) is 8.78 Å². The lowest BCUT2D eigenvalue weighted by Crippen LogP contribution is -2.26. The van der Waals surface area contributed by atoms with E-state index in [9.17, 15) is 8.78 Å². The van der Waals surface area contributed by atoms with E-state index < -0.39 is 11.6 Å². The van der Waals surface area contributed by atoms with Crippen molar-refractivity contribution < 1.29 is 13.5 Å². The highest BCUT2D eigenvalue weighted by atomic mass is 19.2. The summed E-state index contributed by atoms with van der Waals surface area (Å²) in [6, 6.07) is 9.70. The number of methoxy groups -OCH3 is 1. The van der Waals surface area contributed by atoms with Crippen LogP contribution in [0.3, 0.4) is 0 Å². The van der Waals surface area contributed by atoms with Crippen molar-refractivity contribution in [3.05, 3.63) is 64.7 Å². The summed E-state index contributed by atoms with van der Waals surface area (Å²) < 4.78 is 32.2. The molecule has 0 saturated carbocycles. The lowest BCUT2D eigenvalue weighted by molar-refractivity contribution is 0.407. The summed E-state index contributed by atoms with van der Waals surface area (Å²) in [7, 11) is 1.60. The Morgan fingerprint density at radius 3 is 2.52 bits per heavy atom. The lowest BCUT2D eigenvalue weighted by Gasteiger charge is -2.15. The number of benzene rings is 2. The fourth-order valence-electron chi connectivity index (χ4n) is 2.41. The summed E-state index contributed by atoms with van der Waals surface area (Å²) in [5.41, 5.74) is 8.47. The molecule has 0 aromatic heterocycles. The van der Waals surface area contributed by atoms with Crippen molar-refractivity contribution in [2.24, 2.45) is 5.73 Å². The molecule has 0 spiro atoms. The first-order valence-electron chi connectivity index (χ1n) is 6.83. The molecule has 1 atom stereocenters. The fourth-order valence-corrected chi connectivity index (χ4v) is 2.41. The second kappa shape index (κ2) is 6.68. The van der Waals surface area contributed by atoms with Crippen molar-refractivity contribution in [3.63, 3.8) is 0 Å². The van der Waals surface area contributed by atoms with Crippen LogP contribution >= 0.6 is 0 Å². The predicted molar refractivity (Wildman–Crippen MR) is 79.5 cm³/mol. The van der Waals surface area contributed by atoms with E-state index in [-0.39, 0.29) is 12.5 Å². The Morgan fingerprint density at radius 1 is 1.10 bits per heavy atom. The molecule has 0 saturated heterocycles. The topological polar surface area (TPSA) is 35.2 Å². The van der Waals surface area contributed by atoms with Gasteiger partial charge in [0, 0.05) is 6.04 Å². The molecule has 0 aliphatic carbocycles. The first kappa shape index (κ1) is 15.4. The highest BCUT2D eigenvalue weighted by Gasteiger charge is 2.14. The smallest absolute Gasteiger partial charge is 0.162 e.